The summed E-state index contributed by atoms with van der Waals surface area (Å²) >= 11 is 0. The SMILES string of the molecule is CN(C)C1(c2ccccc2)CCC(=CC(=O)N2CC=C(c3c[nH]c4ccccc34)CC2)CC1. The first-order valence-corrected chi connectivity index (χ1v) is 12.0. The molecule has 1 fully saturated rings. The van der Waals surface area contributed by atoms with Crippen LogP contribution in [-0.4, -0.2) is 47.9 Å². The van der Waals surface area contributed by atoms with Crippen LogP contribution in [0.2, 0.25) is 0 Å². The Bertz CT molecular complexity index is 1190. The van der Waals surface area contributed by atoms with Gasteiger partial charge in [0, 0.05) is 47.4 Å². The standard InChI is InChI=1S/C29H33N3O/c1-31(2)29(24-8-4-3-5-9-24)16-12-22(13-17-29)20-28(33)32-18-14-23(15-19-32)26-21-30-27-11-7-6-10-25(26)27/h3-11,14,20-21,30H,12-13,15-19H2,1-2H3. The third-order valence-electron chi connectivity index (χ3n) is 7.67. The van der Waals surface area contributed by atoms with Crippen LogP contribution in [0, 0.1) is 0 Å². The molecule has 4 nitrogen and oxygen atoms in total. The molecule has 0 unspecified atom stereocenters. The largest absolute Gasteiger partial charge is 0.361 e. The summed E-state index contributed by atoms with van der Waals surface area (Å²) in [7, 11) is 4.36. The molecule has 5 rings (SSSR count). The predicted octanol–water partition coefficient (Wildman–Crippen LogP) is 5.74. The Morgan fingerprint density at radius 2 is 1.73 bits per heavy atom. The third-order valence-corrected chi connectivity index (χ3v) is 7.67. The van der Waals surface area contributed by atoms with Crippen molar-refractivity contribution in [1.29, 1.82) is 0 Å². The zero-order valence-electron chi connectivity index (χ0n) is 19.7. The van der Waals surface area contributed by atoms with Crippen LogP contribution in [0.15, 0.2) is 78.5 Å². The van der Waals surface area contributed by atoms with Gasteiger partial charge in [-0.15, -0.1) is 0 Å². The monoisotopic (exact) mass is 439 g/mol. The molecule has 170 valence electrons. The third kappa shape index (κ3) is 4.16. The van der Waals surface area contributed by atoms with Crippen molar-refractivity contribution in [2.45, 2.75) is 37.6 Å². The van der Waals surface area contributed by atoms with Crippen LogP contribution in [0.3, 0.4) is 0 Å². The van der Waals surface area contributed by atoms with Crippen LogP contribution in [0.1, 0.15) is 43.2 Å². The van der Waals surface area contributed by atoms with Gasteiger partial charge < -0.3 is 9.88 Å². The van der Waals surface area contributed by atoms with Gasteiger partial charge in [-0.05, 0) is 63.4 Å². The topological polar surface area (TPSA) is 39.3 Å². The van der Waals surface area contributed by atoms with Crippen molar-refractivity contribution >= 4 is 22.4 Å². The number of carbonyl (C=O) groups is 1. The van der Waals surface area contributed by atoms with Crippen LogP contribution >= 0.6 is 0 Å². The molecule has 0 radical (unpaired) electrons. The van der Waals surface area contributed by atoms with E-state index in [0.717, 1.165) is 38.6 Å². The first-order valence-electron chi connectivity index (χ1n) is 12.0. The van der Waals surface area contributed by atoms with Crippen molar-refractivity contribution in [3.05, 3.63) is 89.6 Å². The zero-order valence-corrected chi connectivity index (χ0v) is 19.7. The molecule has 1 aromatic heterocycles. The lowest BCUT2D eigenvalue weighted by Crippen LogP contribution is -2.43. The maximum atomic E-state index is 13.0. The molecule has 33 heavy (non-hydrogen) atoms. The van der Waals surface area contributed by atoms with Crippen LogP contribution < -0.4 is 0 Å². The van der Waals surface area contributed by atoms with Gasteiger partial charge in [0.25, 0.3) is 0 Å². The minimum absolute atomic E-state index is 0.0593. The number of nitrogens with one attached hydrogen (secondary N) is 1. The first-order chi connectivity index (χ1) is 16.1. The fourth-order valence-electron chi connectivity index (χ4n) is 5.59. The van der Waals surface area contributed by atoms with E-state index in [4.69, 9.17) is 0 Å². The number of nitrogens with zero attached hydrogens (tertiary/aromatic N) is 2. The van der Waals surface area contributed by atoms with Crippen molar-refractivity contribution in [3.8, 4) is 0 Å². The zero-order chi connectivity index (χ0) is 22.8. The van der Waals surface area contributed by atoms with Gasteiger partial charge in [0.2, 0.25) is 5.91 Å². The number of aromatic amines is 1. The van der Waals surface area contributed by atoms with Crippen molar-refractivity contribution in [2.75, 3.05) is 27.2 Å². The Morgan fingerprint density at radius 1 is 1.00 bits per heavy atom. The van der Waals surface area contributed by atoms with E-state index in [9.17, 15) is 4.79 Å². The predicted molar refractivity (Wildman–Crippen MR) is 136 cm³/mol. The van der Waals surface area contributed by atoms with E-state index in [-0.39, 0.29) is 11.4 Å². The molecule has 1 aliphatic carbocycles. The van der Waals surface area contributed by atoms with Crippen LogP contribution in [0.25, 0.3) is 16.5 Å². The van der Waals surface area contributed by atoms with Gasteiger partial charge in [-0.1, -0.05) is 60.2 Å². The second-order valence-corrected chi connectivity index (χ2v) is 9.61. The Labute approximate surface area is 196 Å². The number of rotatable bonds is 4. The van der Waals surface area contributed by atoms with Gasteiger partial charge in [0.15, 0.2) is 0 Å². The molecule has 1 amide bonds. The number of para-hydroxylation sites is 1. The van der Waals surface area contributed by atoms with Crippen molar-refractivity contribution < 1.29 is 4.79 Å². The van der Waals surface area contributed by atoms with Gasteiger partial charge in [0.05, 0.1) is 0 Å². The number of allylic oxidation sites excluding steroid dienone is 1. The lowest BCUT2D eigenvalue weighted by atomic mass is 9.74. The summed E-state index contributed by atoms with van der Waals surface area (Å²) < 4.78 is 0. The number of benzene rings is 2. The molecule has 0 spiro atoms. The molecule has 2 aliphatic rings. The number of fused-ring (bicyclic) bond motifs is 1. The molecule has 4 heteroatoms. The molecule has 2 aromatic carbocycles. The molecule has 1 saturated carbocycles. The number of hydrogen-bond donors (Lipinski definition) is 1. The van der Waals surface area contributed by atoms with E-state index in [0.29, 0.717) is 6.54 Å². The highest BCUT2D eigenvalue weighted by molar-refractivity contribution is 5.94. The summed E-state index contributed by atoms with van der Waals surface area (Å²) in [5.74, 6) is 0.163. The normalized spacial score (nSPS) is 21.4. The second kappa shape index (κ2) is 9.03. The Morgan fingerprint density at radius 3 is 2.42 bits per heavy atom. The molecule has 2 heterocycles. The summed E-state index contributed by atoms with van der Waals surface area (Å²) in [6.07, 6.45) is 11.2. The number of carbonyl (C=O) groups excluding carboxylic acids is 1. The number of H-pyrrole nitrogens is 1. The summed E-state index contributed by atoms with van der Waals surface area (Å²) in [4.78, 5) is 20.8. The lowest BCUT2D eigenvalue weighted by molar-refractivity contribution is -0.125. The second-order valence-electron chi connectivity index (χ2n) is 9.61. The molecular formula is C29H33N3O. The highest BCUT2D eigenvalue weighted by Crippen LogP contribution is 2.42. The highest BCUT2D eigenvalue weighted by atomic mass is 16.2. The molecule has 1 N–H and O–H groups in total. The smallest absolute Gasteiger partial charge is 0.246 e. The average Bonchev–Trinajstić information content (AvgIpc) is 3.29. The Balaban J connectivity index is 1.25. The van der Waals surface area contributed by atoms with Gasteiger partial charge in [-0.3, -0.25) is 9.69 Å². The molecule has 0 bridgehead atoms. The molecule has 3 aromatic rings. The summed E-state index contributed by atoms with van der Waals surface area (Å²) in [5, 5.41) is 1.26. The van der Waals surface area contributed by atoms with Gasteiger partial charge >= 0.3 is 0 Å². The molecule has 0 atom stereocenters. The number of amides is 1. The number of hydrogen-bond acceptors (Lipinski definition) is 2. The van der Waals surface area contributed by atoms with E-state index in [1.807, 2.05) is 11.0 Å². The molecular weight excluding hydrogens is 406 g/mol. The van der Waals surface area contributed by atoms with Crippen LogP contribution in [0.5, 0.6) is 0 Å². The van der Waals surface area contributed by atoms with E-state index in [1.54, 1.807) is 0 Å². The van der Waals surface area contributed by atoms with Gasteiger partial charge in [-0.2, -0.15) is 0 Å². The van der Waals surface area contributed by atoms with E-state index >= 15 is 0 Å². The minimum Gasteiger partial charge on any atom is -0.361 e. The number of aromatic nitrogens is 1. The van der Waals surface area contributed by atoms with Crippen molar-refractivity contribution in [1.82, 2.24) is 14.8 Å². The van der Waals surface area contributed by atoms with E-state index in [1.165, 1.54) is 33.2 Å². The highest BCUT2D eigenvalue weighted by Gasteiger charge is 2.37. The molecule has 0 saturated heterocycles. The van der Waals surface area contributed by atoms with Crippen LogP contribution in [-0.2, 0) is 10.3 Å². The minimum atomic E-state index is 0.0593. The fourth-order valence-corrected chi connectivity index (χ4v) is 5.59. The van der Waals surface area contributed by atoms with Gasteiger partial charge in [0.1, 0.15) is 0 Å². The maximum Gasteiger partial charge on any atom is 0.246 e. The van der Waals surface area contributed by atoms with Crippen LogP contribution in [0.4, 0.5) is 0 Å². The molecule has 1 aliphatic heterocycles. The quantitative estimate of drug-likeness (QED) is 0.527. The first kappa shape index (κ1) is 21.7. The summed E-state index contributed by atoms with van der Waals surface area (Å²) in [5.41, 5.74) is 6.50. The van der Waals surface area contributed by atoms with E-state index < -0.39 is 0 Å². The summed E-state index contributed by atoms with van der Waals surface area (Å²) in [6.45, 7) is 1.46. The van der Waals surface area contributed by atoms with E-state index in [2.05, 4.69) is 90.8 Å². The lowest BCUT2D eigenvalue weighted by Gasteiger charge is -2.44. The average molecular weight is 440 g/mol. The van der Waals surface area contributed by atoms with Crippen molar-refractivity contribution in [2.24, 2.45) is 0 Å². The maximum absolute atomic E-state index is 13.0. The fraction of sp³-hybridized carbons (Fsp3) is 0.345. The van der Waals surface area contributed by atoms with Crippen molar-refractivity contribution in [3.63, 3.8) is 0 Å². The summed E-state index contributed by atoms with van der Waals surface area (Å²) in [6, 6.07) is 19.2. The Kier molecular flexibility index (Phi) is 5.94. The van der Waals surface area contributed by atoms with Gasteiger partial charge in [-0.25, -0.2) is 0 Å². The Hall–Kier alpha value is -3.11.